The minimum atomic E-state index is -0.104. The zero-order chi connectivity index (χ0) is 9.97. The van der Waals surface area contributed by atoms with Crippen LogP contribution in [0.3, 0.4) is 0 Å². The Bertz CT molecular complexity index is 316. The summed E-state index contributed by atoms with van der Waals surface area (Å²) in [7, 11) is 0. The summed E-state index contributed by atoms with van der Waals surface area (Å²) in [6, 6.07) is 5.77. The summed E-state index contributed by atoms with van der Waals surface area (Å²) in [6.45, 7) is 3.11. The number of nitrogens with one attached hydrogen (secondary N) is 1. The highest BCUT2D eigenvalue weighted by Crippen LogP contribution is 2.24. The first-order chi connectivity index (χ1) is 6.79. The molecule has 1 aliphatic rings. The number of rotatable bonds is 2. The van der Waals surface area contributed by atoms with Crippen molar-refractivity contribution in [2.24, 2.45) is 0 Å². The maximum absolute atomic E-state index is 13.2. The molecule has 1 heterocycles. The van der Waals surface area contributed by atoms with Gasteiger partial charge in [-0.25, -0.2) is 4.39 Å². The molecule has 1 nitrogen and oxygen atoms in total. The first-order valence-corrected chi connectivity index (χ1v) is 5.32. The van der Waals surface area contributed by atoms with Gasteiger partial charge >= 0.3 is 0 Å². The Hall–Kier alpha value is -0.890. The zero-order valence-corrected chi connectivity index (χ0v) is 8.52. The Morgan fingerprint density at radius 3 is 2.93 bits per heavy atom. The van der Waals surface area contributed by atoms with Gasteiger partial charge in [-0.3, -0.25) is 0 Å². The van der Waals surface area contributed by atoms with Crippen LogP contribution in [0.25, 0.3) is 0 Å². The predicted molar refractivity (Wildman–Crippen MR) is 55.8 cm³/mol. The van der Waals surface area contributed by atoms with Gasteiger partial charge in [0.1, 0.15) is 5.82 Å². The van der Waals surface area contributed by atoms with Crippen molar-refractivity contribution in [1.29, 1.82) is 0 Å². The van der Waals surface area contributed by atoms with Crippen molar-refractivity contribution >= 4 is 0 Å². The molecule has 1 saturated heterocycles. The molecule has 1 aliphatic heterocycles. The van der Waals surface area contributed by atoms with Gasteiger partial charge in [0.2, 0.25) is 0 Å². The van der Waals surface area contributed by atoms with E-state index >= 15 is 0 Å². The van der Waals surface area contributed by atoms with Crippen LogP contribution in [0.1, 0.15) is 36.9 Å². The summed E-state index contributed by atoms with van der Waals surface area (Å²) in [5.41, 5.74) is 2.20. The standard InChI is InChI=1S/C12H16FN/c1-2-9-6-10(8-11(13)7-9)12-4-3-5-14-12/h6-8,12,14H,2-5H2,1H3. The van der Waals surface area contributed by atoms with Crippen LogP contribution in [0, 0.1) is 5.82 Å². The van der Waals surface area contributed by atoms with Gasteiger partial charge < -0.3 is 5.32 Å². The number of hydrogen-bond donors (Lipinski definition) is 1. The van der Waals surface area contributed by atoms with Gasteiger partial charge in [-0.1, -0.05) is 13.0 Å². The van der Waals surface area contributed by atoms with E-state index in [1.54, 1.807) is 12.1 Å². The van der Waals surface area contributed by atoms with Crippen LogP contribution < -0.4 is 5.32 Å². The van der Waals surface area contributed by atoms with Crippen molar-refractivity contribution in [3.63, 3.8) is 0 Å². The molecular weight excluding hydrogens is 177 g/mol. The van der Waals surface area contributed by atoms with Gasteiger partial charge in [-0.15, -0.1) is 0 Å². The molecule has 76 valence electrons. The molecule has 2 heteroatoms. The van der Waals surface area contributed by atoms with Crippen LogP contribution in [0.4, 0.5) is 4.39 Å². The lowest BCUT2D eigenvalue weighted by Crippen LogP contribution is -2.13. The lowest BCUT2D eigenvalue weighted by molar-refractivity contribution is 0.604. The summed E-state index contributed by atoms with van der Waals surface area (Å²) in [4.78, 5) is 0. The molecule has 14 heavy (non-hydrogen) atoms. The lowest BCUT2D eigenvalue weighted by atomic mass is 10.0. The fraction of sp³-hybridized carbons (Fsp3) is 0.500. The topological polar surface area (TPSA) is 12.0 Å². The highest BCUT2D eigenvalue weighted by Gasteiger charge is 2.16. The monoisotopic (exact) mass is 193 g/mol. The largest absolute Gasteiger partial charge is 0.310 e. The van der Waals surface area contributed by atoms with Crippen LogP contribution in [0.15, 0.2) is 18.2 Å². The van der Waals surface area contributed by atoms with E-state index in [2.05, 4.69) is 18.3 Å². The SMILES string of the molecule is CCc1cc(F)cc(C2CCCN2)c1. The van der Waals surface area contributed by atoms with Gasteiger partial charge in [0.15, 0.2) is 0 Å². The second kappa shape index (κ2) is 4.09. The number of halogens is 1. The van der Waals surface area contributed by atoms with Gasteiger partial charge in [0.05, 0.1) is 0 Å². The zero-order valence-electron chi connectivity index (χ0n) is 8.52. The summed E-state index contributed by atoms with van der Waals surface area (Å²) in [5.74, 6) is -0.104. The Balaban J connectivity index is 2.27. The quantitative estimate of drug-likeness (QED) is 0.761. The van der Waals surface area contributed by atoms with Crippen LogP contribution >= 0.6 is 0 Å². The van der Waals surface area contributed by atoms with E-state index in [4.69, 9.17) is 0 Å². The van der Waals surface area contributed by atoms with E-state index in [1.807, 2.05) is 0 Å². The molecule has 1 atom stereocenters. The minimum absolute atomic E-state index is 0.104. The van der Waals surface area contributed by atoms with Gasteiger partial charge in [-0.05, 0) is 49.1 Å². The molecule has 0 bridgehead atoms. The molecule has 1 fully saturated rings. The predicted octanol–water partition coefficient (Wildman–Crippen LogP) is 2.81. The van der Waals surface area contributed by atoms with E-state index < -0.39 is 0 Å². The van der Waals surface area contributed by atoms with E-state index in [0.29, 0.717) is 6.04 Å². The minimum Gasteiger partial charge on any atom is -0.310 e. The van der Waals surface area contributed by atoms with Crippen molar-refractivity contribution in [2.45, 2.75) is 32.2 Å². The molecule has 1 N–H and O–H groups in total. The Kier molecular flexibility index (Phi) is 2.82. The summed E-state index contributed by atoms with van der Waals surface area (Å²) in [5, 5.41) is 3.38. The molecule has 1 aromatic rings. The summed E-state index contributed by atoms with van der Waals surface area (Å²) < 4.78 is 13.2. The van der Waals surface area contributed by atoms with Gasteiger partial charge in [-0.2, -0.15) is 0 Å². The third kappa shape index (κ3) is 1.95. The van der Waals surface area contributed by atoms with Crippen molar-refractivity contribution in [2.75, 3.05) is 6.54 Å². The Morgan fingerprint density at radius 1 is 1.43 bits per heavy atom. The fourth-order valence-electron chi connectivity index (χ4n) is 2.05. The molecule has 0 radical (unpaired) electrons. The molecular formula is C12H16FN. The highest BCUT2D eigenvalue weighted by molar-refractivity contribution is 5.27. The van der Waals surface area contributed by atoms with Crippen molar-refractivity contribution < 1.29 is 4.39 Å². The maximum Gasteiger partial charge on any atom is 0.123 e. The van der Waals surface area contributed by atoms with E-state index in [9.17, 15) is 4.39 Å². The number of benzene rings is 1. The summed E-state index contributed by atoms with van der Waals surface area (Å²) in [6.07, 6.45) is 3.23. The smallest absolute Gasteiger partial charge is 0.123 e. The average molecular weight is 193 g/mol. The van der Waals surface area contributed by atoms with Crippen molar-refractivity contribution in [1.82, 2.24) is 5.32 Å². The second-order valence-corrected chi connectivity index (χ2v) is 3.90. The number of aryl methyl sites for hydroxylation is 1. The van der Waals surface area contributed by atoms with E-state index in [0.717, 1.165) is 30.5 Å². The van der Waals surface area contributed by atoms with Crippen LogP contribution in [-0.2, 0) is 6.42 Å². The van der Waals surface area contributed by atoms with E-state index in [-0.39, 0.29) is 5.82 Å². The fourth-order valence-corrected chi connectivity index (χ4v) is 2.05. The van der Waals surface area contributed by atoms with E-state index in [1.165, 1.54) is 6.42 Å². The maximum atomic E-state index is 13.2. The lowest BCUT2D eigenvalue weighted by Gasteiger charge is -2.12. The van der Waals surface area contributed by atoms with Crippen LogP contribution in [0.5, 0.6) is 0 Å². The van der Waals surface area contributed by atoms with Gasteiger partial charge in [0, 0.05) is 6.04 Å². The van der Waals surface area contributed by atoms with Crippen molar-refractivity contribution in [3.8, 4) is 0 Å². The molecule has 0 amide bonds. The summed E-state index contributed by atoms with van der Waals surface area (Å²) >= 11 is 0. The Labute approximate surface area is 84.3 Å². The second-order valence-electron chi connectivity index (χ2n) is 3.90. The molecule has 0 aliphatic carbocycles. The van der Waals surface area contributed by atoms with Gasteiger partial charge in [0.25, 0.3) is 0 Å². The molecule has 0 aromatic heterocycles. The average Bonchev–Trinajstić information content (AvgIpc) is 2.69. The van der Waals surface area contributed by atoms with Crippen LogP contribution in [-0.4, -0.2) is 6.54 Å². The molecule has 1 unspecified atom stereocenters. The van der Waals surface area contributed by atoms with Crippen LogP contribution in [0.2, 0.25) is 0 Å². The first-order valence-electron chi connectivity index (χ1n) is 5.32. The van der Waals surface area contributed by atoms with Crippen molar-refractivity contribution in [3.05, 3.63) is 35.1 Å². The first kappa shape index (κ1) is 9.66. The Morgan fingerprint density at radius 2 is 2.29 bits per heavy atom. The third-order valence-electron chi connectivity index (χ3n) is 2.85. The third-order valence-corrected chi connectivity index (χ3v) is 2.85. The molecule has 0 saturated carbocycles. The molecule has 0 spiro atoms. The number of hydrogen-bond acceptors (Lipinski definition) is 1. The normalized spacial score (nSPS) is 21.4. The highest BCUT2D eigenvalue weighted by atomic mass is 19.1. The molecule has 2 rings (SSSR count). The molecule has 1 aromatic carbocycles.